The average molecular weight is 636 g/mol. The minimum atomic E-state index is -2.14. The fraction of sp³-hybridized carbons (Fsp3) is 0.485. The number of ether oxygens (including phenoxy) is 3. The van der Waals surface area contributed by atoms with E-state index in [1.165, 1.54) is 0 Å². The number of rotatable bonds is 7. The molecule has 0 fully saturated rings. The summed E-state index contributed by atoms with van der Waals surface area (Å²) in [5.41, 5.74) is 0.249. The summed E-state index contributed by atoms with van der Waals surface area (Å²) in [6.45, 7) is 15.2. The lowest BCUT2D eigenvalue weighted by Crippen LogP contribution is -2.49. The molecule has 2 N–H and O–H groups in total. The molecule has 2 aliphatic rings. The highest BCUT2D eigenvalue weighted by atomic mass is 28.3. The summed E-state index contributed by atoms with van der Waals surface area (Å²) in [5, 5.41) is 14.8. The van der Waals surface area contributed by atoms with Gasteiger partial charge < -0.3 is 29.2 Å². The van der Waals surface area contributed by atoms with Gasteiger partial charge >= 0.3 is 18.0 Å². The molecule has 1 unspecified atom stereocenters. The normalized spacial score (nSPS) is 17.4. The number of amides is 1. The smallest absolute Gasteiger partial charge is 0.408 e. The number of aromatic hydroxyl groups is 1. The molecule has 1 amide bonds. The number of nitrogens with zero attached hydrogens (tertiary/aromatic N) is 2. The molecule has 0 radical (unpaired) electrons. The van der Waals surface area contributed by atoms with Crippen molar-refractivity contribution in [2.75, 3.05) is 6.54 Å². The number of fused-ring (bicyclic) bond motifs is 5. The highest BCUT2D eigenvalue weighted by Crippen LogP contribution is 2.41. The van der Waals surface area contributed by atoms with Crippen LogP contribution < -0.4 is 16.1 Å². The number of alkyl carbamates (subject to hydrolysis) is 1. The predicted octanol–water partition coefficient (Wildman–Crippen LogP) is 4.43. The van der Waals surface area contributed by atoms with E-state index in [9.17, 15) is 24.3 Å². The number of hydrogen-bond donors (Lipinski definition) is 2. The van der Waals surface area contributed by atoms with Gasteiger partial charge in [0.1, 0.15) is 24.5 Å². The van der Waals surface area contributed by atoms with Crippen LogP contribution in [0.15, 0.2) is 29.1 Å². The summed E-state index contributed by atoms with van der Waals surface area (Å²) < 4.78 is 18.1. The third-order valence-electron chi connectivity index (χ3n) is 8.30. The van der Waals surface area contributed by atoms with Crippen LogP contribution in [0, 0.1) is 5.92 Å². The van der Waals surface area contributed by atoms with Gasteiger partial charge in [-0.15, -0.1) is 0 Å². The largest absolute Gasteiger partial charge is 0.508 e. The number of nitrogens with one attached hydrogen (secondary N) is 1. The highest BCUT2D eigenvalue weighted by molar-refractivity contribution is 6.92. The summed E-state index contributed by atoms with van der Waals surface area (Å²) in [4.78, 5) is 57.6. The van der Waals surface area contributed by atoms with Gasteiger partial charge in [-0.1, -0.05) is 39.9 Å². The summed E-state index contributed by atoms with van der Waals surface area (Å²) >= 11 is 0. The lowest BCUT2D eigenvalue weighted by Gasteiger charge is -2.35. The maximum atomic E-state index is 14.1. The molecule has 3 aromatic rings. The molecule has 4 heterocycles. The molecule has 240 valence electrons. The minimum absolute atomic E-state index is 0.00320. The highest BCUT2D eigenvalue weighted by Gasteiger charge is 2.50. The van der Waals surface area contributed by atoms with Crippen LogP contribution in [0.3, 0.4) is 0 Å². The maximum absolute atomic E-state index is 14.1. The van der Waals surface area contributed by atoms with Crippen LogP contribution >= 0.6 is 0 Å². The Morgan fingerprint density at radius 3 is 2.53 bits per heavy atom. The van der Waals surface area contributed by atoms with Crippen molar-refractivity contribution in [1.29, 1.82) is 0 Å². The van der Waals surface area contributed by atoms with Crippen LogP contribution in [-0.4, -0.2) is 52.9 Å². The molecule has 2 aliphatic heterocycles. The first-order valence-corrected chi connectivity index (χ1v) is 18.5. The Kier molecular flexibility index (Phi) is 8.09. The zero-order valence-electron chi connectivity index (χ0n) is 27.1. The van der Waals surface area contributed by atoms with Gasteiger partial charge in [0.25, 0.3) is 5.56 Å². The van der Waals surface area contributed by atoms with Crippen molar-refractivity contribution in [1.82, 2.24) is 14.9 Å². The molecule has 0 saturated heterocycles. The SMILES string of the molecule is CCC1(OC(=O)CNC(=O)OC(C)(C)C)C(=O)OCc2c1cc1n(c2=O)Cc2c-1nc1ccc(O)cc1c2[Si](C)(C)CC(C)C. The minimum Gasteiger partial charge on any atom is -0.508 e. The molecule has 1 aromatic carbocycles. The maximum Gasteiger partial charge on any atom is 0.408 e. The first kappa shape index (κ1) is 32.2. The molecular weight excluding hydrogens is 594 g/mol. The van der Waals surface area contributed by atoms with E-state index >= 15 is 0 Å². The monoisotopic (exact) mass is 635 g/mol. The molecule has 45 heavy (non-hydrogen) atoms. The molecular formula is C33H41N3O8Si. The first-order chi connectivity index (χ1) is 21.0. The number of aromatic nitrogens is 2. The van der Waals surface area contributed by atoms with Crippen LogP contribution in [0.1, 0.15) is 64.7 Å². The average Bonchev–Trinajstić information content (AvgIpc) is 3.28. The van der Waals surface area contributed by atoms with Gasteiger partial charge in [-0.05, 0) is 68.1 Å². The van der Waals surface area contributed by atoms with Crippen molar-refractivity contribution in [3.63, 3.8) is 0 Å². The Hall–Kier alpha value is -4.19. The fourth-order valence-corrected chi connectivity index (χ4v) is 11.0. The van der Waals surface area contributed by atoms with Crippen LogP contribution in [0.5, 0.6) is 5.75 Å². The second-order valence-electron chi connectivity index (χ2n) is 13.9. The molecule has 11 nitrogen and oxygen atoms in total. The Morgan fingerprint density at radius 1 is 1.18 bits per heavy atom. The van der Waals surface area contributed by atoms with Crippen LogP contribution in [-0.2, 0) is 42.6 Å². The molecule has 0 bridgehead atoms. The number of esters is 2. The van der Waals surface area contributed by atoms with E-state index in [1.54, 1.807) is 56.5 Å². The molecule has 0 aliphatic carbocycles. The number of carbonyl (C=O) groups excluding carboxylic acids is 3. The number of phenolic OH excluding ortho intramolecular Hbond substituents is 1. The summed E-state index contributed by atoms with van der Waals surface area (Å²) in [6, 6.07) is 7.84. The topological polar surface area (TPSA) is 146 Å². The second-order valence-corrected chi connectivity index (χ2v) is 18.6. The Bertz CT molecular complexity index is 1790. The Balaban J connectivity index is 1.63. The van der Waals surface area contributed by atoms with E-state index in [4.69, 9.17) is 19.2 Å². The third kappa shape index (κ3) is 5.83. The van der Waals surface area contributed by atoms with Gasteiger partial charge in [0.2, 0.25) is 5.60 Å². The molecule has 1 atom stereocenters. The summed E-state index contributed by atoms with van der Waals surface area (Å²) in [7, 11) is -2.14. The first-order valence-electron chi connectivity index (χ1n) is 15.3. The quantitative estimate of drug-likeness (QED) is 0.171. The van der Waals surface area contributed by atoms with Crippen LogP contribution in [0.4, 0.5) is 4.79 Å². The third-order valence-corrected chi connectivity index (χ3v) is 12.1. The molecule has 5 rings (SSSR count). The lowest BCUT2D eigenvalue weighted by molar-refractivity contribution is -0.188. The van der Waals surface area contributed by atoms with Crippen molar-refractivity contribution in [2.24, 2.45) is 5.92 Å². The van der Waals surface area contributed by atoms with Gasteiger partial charge in [0, 0.05) is 10.9 Å². The van der Waals surface area contributed by atoms with Crippen molar-refractivity contribution in [3.05, 3.63) is 51.3 Å². The zero-order valence-corrected chi connectivity index (χ0v) is 28.1. The van der Waals surface area contributed by atoms with Crippen molar-refractivity contribution in [3.8, 4) is 17.1 Å². The van der Waals surface area contributed by atoms with Crippen LogP contribution in [0.2, 0.25) is 19.1 Å². The van der Waals surface area contributed by atoms with Crippen LogP contribution in [0.25, 0.3) is 22.3 Å². The van der Waals surface area contributed by atoms with E-state index in [-0.39, 0.29) is 42.0 Å². The molecule has 12 heteroatoms. The Morgan fingerprint density at radius 2 is 1.89 bits per heavy atom. The summed E-state index contributed by atoms with van der Waals surface area (Å²) in [5.74, 6) is -1.09. The summed E-state index contributed by atoms with van der Waals surface area (Å²) in [6.07, 6.45) is -0.813. The number of cyclic esters (lactones) is 1. The number of carbonyl (C=O) groups is 3. The fourth-order valence-electron chi connectivity index (χ4n) is 6.81. The van der Waals surface area contributed by atoms with Crippen molar-refractivity contribution >= 4 is 42.2 Å². The number of benzene rings is 1. The van der Waals surface area contributed by atoms with E-state index < -0.39 is 43.9 Å². The van der Waals surface area contributed by atoms with Crippen molar-refractivity contribution < 1.29 is 33.7 Å². The van der Waals surface area contributed by atoms with E-state index in [1.807, 2.05) is 0 Å². The molecule has 2 aromatic heterocycles. The number of phenols is 1. The zero-order chi connectivity index (χ0) is 33.1. The molecule has 0 saturated carbocycles. The number of hydrogen-bond acceptors (Lipinski definition) is 9. The van der Waals surface area contributed by atoms with Gasteiger partial charge in [-0.2, -0.15) is 0 Å². The predicted molar refractivity (Wildman–Crippen MR) is 171 cm³/mol. The van der Waals surface area contributed by atoms with Crippen molar-refractivity contribution in [2.45, 2.75) is 91.5 Å². The lowest BCUT2D eigenvalue weighted by atomic mass is 9.85. The van der Waals surface area contributed by atoms with E-state index in [0.717, 1.165) is 22.2 Å². The van der Waals surface area contributed by atoms with E-state index in [0.29, 0.717) is 22.8 Å². The van der Waals surface area contributed by atoms with Gasteiger partial charge in [-0.25, -0.2) is 14.6 Å². The standard InChI is InChI=1S/C33H41N3O8Si/c1-9-33(43-26(38)14-34-31(41)44-32(4,5)6)23-13-25-27-21(15-36(25)29(39)22(23)16-42-30(33)40)28(45(7,8)17-18(2)3)20-12-19(37)10-11-24(20)35-27/h10-13,18,37H,9,14-17H2,1-8H3,(H,34,41). The number of pyridine rings is 2. The van der Waals surface area contributed by atoms with Gasteiger partial charge in [-0.3, -0.25) is 9.59 Å². The van der Waals surface area contributed by atoms with E-state index in [2.05, 4.69) is 32.3 Å². The van der Waals surface area contributed by atoms with Gasteiger partial charge in [0.15, 0.2) is 0 Å². The van der Waals surface area contributed by atoms with Gasteiger partial charge in [0.05, 0.1) is 37.1 Å². The Labute approximate surface area is 262 Å². The molecule has 0 spiro atoms. The second kappa shape index (κ2) is 11.3.